The van der Waals surface area contributed by atoms with Crippen LogP contribution in [0.4, 0.5) is 4.39 Å². The minimum Gasteiger partial charge on any atom is -0.247 e. The molecule has 1 aliphatic rings. The number of alkyl halides is 1. The van der Waals surface area contributed by atoms with Crippen molar-refractivity contribution in [2.45, 2.75) is 71.9 Å². The third kappa shape index (κ3) is 3.77. The van der Waals surface area contributed by atoms with E-state index in [1.54, 1.807) is 0 Å². The second-order valence-electron chi connectivity index (χ2n) is 5.34. The van der Waals surface area contributed by atoms with E-state index in [0.717, 1.165) is 37.5 Å². The molecule has 0 spiro atoms. The molecule has 0 N–H and O–H groups in total. The average Bonchev–Trinajstić information content (AvgIpc) is 2.22. The third-order valence-corrected chi connectivity index (χ3v) is 4.32. The van der Waals surface area contributed by atoms with E-state index in [0.29, 0.717) is 5.92 Å². The standard InChI is InChI=1S/C14H27F/c1-4-7-13-8-6-9-14(15)10-12(5-2)11(13)3/h11-14H,4-10H2,1-3H3/t11-,12-,13?,14-/m0/s1. The molecule has 1 fully saturated rings. The van der Waals surface area contributed by atoms with Crippen molar-refractivity contribution in [1.82, 2.24) is 0 Å². The molecule has 1 unspecified atom stereocenters. The largest absolute Gasteiger partial charge is 0.247 e. The van der Waals surface area contributed by atoms with Crippen molar-refractivity contribution in [3.8, 4) is 0 Å². The quantitative estimate of drug-likeness (QED) is 0.621. The van der Waals surface area contributed by atoms with Gasteiger partial charge >= 0.3 is 0 Å². The van der Waals surface area contributed by atoms with Gasteiger partial charge in [-0.1, -0.05) is 52.9 Å². The zero-order chi connectivity index (χ0) is 11.3. The van der Waals surface area contributed by atoms with Crippen molar-refractivity contribution < 1.29 is 4.39 Å². The second kappa shape index (κ2) is 6.50. The number of hydrogen-bond acceptors (Lipinski definition) is 0. The topological polar surface area (TPSA) is 0 Å². The van der Waals surface area contributed by atoms with Gasteiger partial charge in [-0.05, 0) is 30.6 Å². The highest BCUT2D eigenvalue weighted by Gasteiger charge is 2.28. The van der Waals surface area contributed by atoms with Crippen LogP contribution in [0.25, 0.3) is 0 Å². The van der Waals surface area contributed by atoms with Gasteiger partial charge in [0.15, 0.2) is 0 Å². The Kier molecular flexibility index (Phi) is 5.63. The van der Waals surface area contributed by atoms with E-state index in [1.165, 1.54) is 19.3 Å². The van der Waals surface area contributed by atoms with E-state index in [9.17, 15) is 4.39 Å². The Labute approximate surface area is 94.6 Å². The normalized spacial score (nSPS) is 38.4. The van der Waals surface area contributed by atoms with Gasteiger partial charge in [-0.15, -0.1) is 0 Å². The molecule has 1 rings (SSSR count). The van der Waals surface area contributed by atoms with Crippen molar-refractivity contribution >= 4 is 0 Å². The Morgan fingerprint density at radius 3 is 2.47 bits per heavy atom. The van der Waals surface area contributed by atoms with Crippen molar-refractivity contribution in [2.75, 3.05) is 0 Å². The van der Waals surface area contributed by atoms with Crippen molar-refractivity contribution in [3.05, 3.63) is 0 Å². The zero-order valence-electron chi connectivity index (χ0n) is 10.6. The van der Waals surface area contributed by atoms with Gasteiger partial charge in [0.05, 0.1) is 0 Å². The minimum absolute atomic E-state index is 0.528. The first-order chi connectivity index (χ1) is 7.19. The molecule has 4 atom stereocenters. The fourth-order valence-electron chi connectivity index (χ4n) is 3.23. The number of halogens is 1. The Morgan fingerprint density at radius 2 is 1.87 bits per heavy atom. The zero-order valence-corrected chi connectivity index (χ0v) is 10.6. The Bertz CT molecular complexity index is 165. The molecule has 90 valence electrons. The van der Waals surface area contributed by atoms with Gasteiger partial charge in [0.2, 0.25) is 0 Å². The highest BCUT2D eigenvalue weighted by molar-refractivity contribution is 4.79. The monoisotopic (exact) mass is 214 g/mol. The van der Waals surface area contributed by atoms with Crippen LogP contribution >= 0.6 is 0 Å². The van der Waals surface area contributed by atoms with Crippen LogP contribution < -0.4 is 0 Å². The Hall–Kier alpha value is -0.0700. The lowest BCUT2D eigenvalue weighted by molar-refractivity contribution is 0.131. The lowest BCUT2D eigenvalue weighted by Crippen LogP contribution is -2.26. The summed E-state index contributed by atoms with van der Waals surface area (Å²) in [7, 11) is 0. The summed E-state index contributed by atoms with van der Waals surface area (Å²) in [5.74, 6) is 2.21. The van der Waals surface area contributed by atoms with Crippen LogP contribution in [-0.4, -0.2) is 6.17 Å². The van der Waals surface area contributed by atoms with Crippen LogP contribution in [0.15, 0.2) is 0 Å². The maximum absolute atomic E-state index is 13.5. The van der Waals surface area contributed by atoms with Crippen LogP contribution in [0.2, 0.25) is 0 Å². The van der Waals surface area contributed by atoms with Crippen molar-refractivity contribution in [1.29, 1.82) is 0 Å². The molecule has 1 saturated carbocycles. The molecule has 0 amide bonds. The smallest absolute Gasteiger partial charge is 0.100 e. The highest BCUT2D eigenvalue weighted by Crippen LogP contribution is 2.37. The van der Waals surface area contributed by atoms with E-state index in [1.807, 2.05) is 0 Å². The van der Waals surface area contributed by atoms with Gasteiger partial charge in [-0.3, -0.25) is 0 Å². The summed E-state index contributed by atoms with van der Waals surface area (Å²) in [5, 5.41) is 0. The van der Waals surface area contributed by atoms with E-state index < -0.39 is 6.17 Å². The molecular weight excluding hydrogens is 187 g/mol. The van der Waals surface area contributed by atoms with Gasteiger partial charge in [-0.2, -0.15) is 0 Å². The van der Waals surface area contributed by atoms with E-state index in [-0.39, 0.29) is 0 Å². The van der Waals surface area contributed by atoms with Crippen molar-refractivity contribution in [3.63, 3.8) is 0 Å². The van der Waals surface area contributed by atoms with E-state index in [4.69, 9.17) is 0 Å². The van der Waals surface area contributed by atoms with Gasteiger partial charge in [0.25, 0.3) is 0 Å². The molecule has 0 heterocycles. The molecule has 0 radical (unpaired) electrons. The predicted octanol–water partition coefficient (Wildman–Crippen LogP) is 4.98. The molecule has 0 aromatic rings. The summed E-state index contributed by atoms with van der Waals surface area (Å²) >= 11 is 0. The number of hydrogen-bond donors (Lipinski definition) is 0. The molecule has 1 heteroatoms. The molecule has 0 bridgehead atoms. The summed E-state index contributed by atoms with van der Waals surface area (Å²) in [6.07, 6.45) is 7.24. The van der Waals surface area contributed by atoms with Crippen molar-refractivity contribution in [2.24, 2.45) is 17.8 Å². The molecule has 0 nitrogen and oxygen atoms in total. The highest BCUT2D eigenvalue weighted by atomic mass is 19.1. The molecular formula is C14H27F. The van der Waals surface area contributed by atoms with E-state index >= 15 is 0 Å². The molecule has 0 aromatic carbocycles. The molecule has 15 heavy (non-hydrogen) atoms. The predicted molar refractivity (Wildman–Crippen MR) is 64.7 cm³/mol. The molecule has 0 aromatic heterocycles. The molecule has 0 aliphatic heterocycles. The van der Waals surface area contributed by atoms with Gasteiger partial charge in [-0.25, -0.2) is 4.39 Å². The fourth-order valence-corrected chi connectivity index (χ4v) is 3.23. The summed E-state index contributed by atoms with van der Waals surface area (Å²) in [4.78, 5) is 0. The lowest BCUT2D eigenvalue weighted by Gasteiger charge is -2.34. The first kappa shape index (κ1) is 13.0. The summed E-state index contributed by atoms with van der Waals surface area (Å²) in [6.45, 7) is 6.84. The Morgan fingerprint density at radius 1 is 1.13 bits per heavy atom. The fraction of sp³-hybridized carbons (Fsp3) is 1.00. The molecule has 1 aliphatic carbocycles. The van der Waals surface area contributed by atoms with Gasteiger partial charge < -0.3 is 0 Å². The third-order valence-electron chi connectivity index (χ3n) is 4.32. The summed E-state index contributed by atoms with van der Waals surface area (Å²) < 4.78 is 13.5. The van der Waals surface area contributed by atoms with E-state index in [2.05, 4.69) is 20.8 Å². The van der Waals surface area contributed by atoms with Crippen LogP contribution in [0.3, 0.4) is 0 Å². The maximum Gasteiger partial charge on any atom is 0.100 e. The minimum atomic E-state index is -0.528. The Balaban J connectivity index is 2.59. The lowest BCUT2D eigenvalue weighted by atomic mass is 9.73. The van der Waals surface area contributed by atoms with Crippen LogP contribution in [0, 0.1) is 17.8 Å². The van der Waals surface area contributed by atoms with Gasteiger partial charge in [0, 0.05) is 0 Å². The maximum atomic E-state index is 13.5. The second-order valence-corrected chi connectivity index (χ2v) is 5.34. The summed E-state index contributed by atoms with van der Waals surface area (Å²) in [6, 6.07) is 0. The van der Waals surface area contributed by atoms with Crippen LogP contribution in [0.1, 0.15) is 65.7 Å². The number of rotatable bonds is 3. The summed E-state index contributed by atoms with van der Waals surface area (Å²) in [5.41, 5.74) is 0. The average molecular weight is 214 g/mol. The SMILES string of the molecule is CCCC1CCC[C@H](F)C[C@H](CC)[C@@H]1C. The first-order valence-corrected chi connectivity index (χ1v) is 6.83. The van der Waals surface area contributed by atoms with Crippen LogP contribution in [0.5, 0.6) is 0 Å². The van der Waals surface area contributed by atoms with Gasteiger partial charge in [0.1, 0.15) is 6.17 Å². The molecule has 0 saturated heterocycles. The van der Waals surface area contributed by atoms with Crippen LogP contribution in [-0.2, 0) is 0 Å². The first-order valence-electron chi connectivity index (χ1n) is 6.83.